The van der Waals surface area contributed by atoms with Crippen LogP contribution in [0.4, 0.5) is 0 Å². The van der Waals surface area contributed by atoms with Gasteiger partial charge in [-0.1, -0.05) is 40.5 Å². The van der Waals surface area contributed by atoms with Crippen LogP contribution in [0.2, 0.25) is 0 Å². The predicted molar refractivity (Wildman–Crippen MR) is 58.9 cm³/mol. The lowest BCUT2D eigenvalue weighted by Crippen LogP contribution is -2.27. The molecule has 3 heteroatoms. The van der Waals surface area contributed by atoms with E-state index in [2.05, 4.69) is 13.8 Å². The van der Waals surface area contributed by atoms with Gasteiger partial charge in [-0.15, -0.1) is 0 Å². The highest BCUT2D eigenvalue weighted by atomic mass is 16.6. The Labute approximate surface area is 87.0 Å². The van der Waals surface area contributed by atoms with Gasteiger partial charge in [-0.3, -0.25) is 10.1 Å². The van der Waals surface area contributed by atoms with E-state index in [9.17, 15) is 10.1 Å². The number of hydrogen-bond donors (Lipinski definition) is 0. The second-order valence-corrected chi connectivity index (χ2v) is 4.37. The van der Waals surface area contributed by atoms with E-state index in [4.69, 9.17) is 0 Å². The van der Waals surface area contributed by atoms with Crippen LogP contribution in [0.15, 0.2) is 0 Å². The highest BCUT2D eigenvalue weighted by Crippen LogP contribution is 2.22. The zero-order valence-corrected chi connectivity index (χ0v) is 9.82. The third-order valence-electron chi connectivity index (χ3n) is 2.90. The van der Waals surface area contributed by atoms with Crippen molar-refractivity contribution in [2.24, 2.45) is 11.8 Å². The van der Waals surface area contributed by atoms with Crippen LogP contribution < -0.4 is 0 Å². The number of nitro groups is 1. The molecule has 84 valence electrons. The zero-order chi connectivity index (χ0) is 11.1. The van der Waals surface area contributed by atoms with Gasteiger partial charge in [0, 0.05) is 17.3 Å². The van der Waals surface area contributed by atoms with Gasteiger partial charge < -0.3 is 0 Å². The summed E-state index contributed by atoms with van der Waals surface area (Å²) in [5.41, 5.74) is 0. The van der Waals surface area contributed by atoms with E-state index in [0.29, 0.717) is 12.3 Å². The van der Waals surface area contributed by atoms with Crippen molar-refractivity contribution in [1.82, 2.24) is 0 Å². The number of nitrogens with zero attached hydrogens (tertiary/aromatic N) is 1. The summed E-state index contributed by atoms with van der Waals surface area (Å²) in [5, 5.41) is 10.7. The largest absolute Gasteiger partial charge is 0.264 e. The molecule has 0 radical (unpaired) electrons. The molecule has 3 nitrogen and oxygen atoms in total. The van der Waals surface area contributed by atoms with Crippen LogP contribution in [-0.2, 0) is 0 Å². The minimum Gasteiger partial charge on any atom is -0.264 e. The fourth-order valence-corrected chi connectivity index (χ4v) is 2.16. The van der Waals surface area contributed by atoms with E-state index < -0.39 is 0 Å². The SMILES string of the molecule is CCCC(C)C[C@H](C)C(CC)[N+](=O)[O-]. The van der Waals surface area contributed by atoms with Gasteiger partial charge in [0.1, 0.15) is 0 Å². The van der Waals surface area contributed by atoms with Crippen LogP contribution in [0, 0.1) is 22.0 Å². The molecule has 14 heavy (non-hydrogen) atoms. The average Bonchev–Trinajstić information content (AvgIpc) is 2.04. The maximum absolute atomic E-state index is 10.7. The fraction of sp³-hybridized carbons (Fsp3) is 1.00. The van der Waals surface area contributed by atoms with Gasteiger partial charge >= 0.3 is 0 Å². The van der Waals surface area contributed by atoms with Gasteiger partial charge in [-0.25, -0.2) is 0 Å². The molecule has 0 amide bonds. The van der Waals surface area contributed by atoms with Crippen molar-refractivity contribution >= 4 is 0 Å². The summed E-state index contributed by atoms with van der Waals surface area (Å²) in [7, 11) is 0. The van der Waals surface area contributed by atoms with Crippen molar-refractivity contribution < 1.29 is 4.92 Å². The molecule has 0 fully saturated rings. The van der Waals surface area contributed by atoms with Crippen LogP contribution in [-0.4, -0.2) is 11.0 Å². The Balaban J connectivity index is 4.03. The molecule has 2 unspecified atom stereocenters. The first-order valence-corrected chi connectivity index (χ1v) is 5.66. The molecular formula is C11H23NO2. The van der Waals surface area contributed by atoms with Crippen LogP contribution in [0.25, 0.3) is 0 Å². The highest BCUT2D eigenvalue weighted by Gasteiger charge is 2.26. The van der Waals surface area contributed by atoms with Crippen LogP contribution in [0.1, 0.15) is 53.4 Å². The van der Waals surface area contributed by atoms with Crippen LogP contribution >= 0.6 is 0 Å². The summed E-state index contributed by atoms with van der Waals surface area (Å²) >= 11 is 0. The summed E-state index contributed by atoms with van der Waals surface area (Å²) in [6.45, 7) is 8.25. The topological polar surface area (TPSA) is 43.1 Å². The molecule has 0 aromatic rings. The quantitative estimate of drug-likeness (QED) is 0.467. The molecule has 3 atom stereocenters. The maximum Gasteiger partial charge on any atom is 0.215 e. The Kier molecular flexibility index (Phi) is 6.50. The average molecular weight is 201 g/mol. The second-order valence-electron chi connectivity index (χ2n) is 4.37. The van der Waals surface area contributed by atoms with Gasteiger partial charge in [0.25, 0.3) is 0 Å². The van der Waals surface area contributed by atoms with Gasteiger partial charge in [-0.05, 0) is 12.3 Å². The Hall–Kier alpha value is -0.600. The summed E-state index contributed by atoms with van der Waals surface area (Å²) in [4.78, 5) is 10.6. The summed E-state index contributed by atoms with van der Waals surface area (Å²) in [6.07, 6.45) is 3.97. The monoisotopic (exact) mass is 201 g/mol. The Bertz CT molecular complexity index is 171. The first-order valence-electron chi connectivity index (χ1n) is 5.66. The molecule has 0 aromatic heterocycles. The summed E-state index contributed by atoms with van der Waals surface area (Å²) in [5.74, 6) is 0.820. The van der Waals surface area contributed by atoms with E-state index in [1.807, 2.05) is 13.8 Å². The molecule has 0 spiro atoms. The predicted octanol–water partition coefficient (Wildman–Crippen LogP) is 3.50. The standard InChI is InChI=1S/C11H23NO2/c1-5-7-9(3)8-10(4)11(6-2)12(13)14/h9-11H,5-8H2,1-4H3/t9?,10-,11?/m0/s1. The van der Waals surface area contributed by atoms with E-state index in [-0.39, 0.29) is 16.9 Å². The van der Waals surface area contributed by atoms with Crippen LogP contribution in [0.5, 0.6) is 0 Å². The third-order valence-corrected chi connectivity index (χ3v) is 2.90. The lowest BCUT2D eigenvalue weighted by atomic mass is 9.88. The summed E-state index contributed by atoms with van der Waals surface area (Å²) in [6, 6.07) is -0.352. The lowest BCUT2D eigenvalue weighted by Gasteiger charge is -2.19. The van der Waals surface area contributed by atoms with Crippen LogP contribution in [0.3, 0.4) is 0 Å². The fourth-order valence-electron chi connectivity index (χ4n) is 2.16. The van der Waals surface area contributed by atoms with E-state index in [1.54, 1.807) is 0 Å². The number of rotatable bonds is 7. The lowest BCUT2D eigenvalue weighted by molar-refractivity contribution is -0.532. The van der Waals surface area contributed by atoms with Crippen molar-refractivity contribution in [3.8, 4) is 0 Å². The molecule has 0 aliphatic heterocycles. The van der Waals surface area contributed by atoms with Gasteiger partial charge in [-0.2, -0.15) is 0 Å². The molecule has 0 aliphatic carbocycles. The van der Waals surface area contributed by atoms with Gasteiger partial charge in [0.2, 0.25) is 6.04 Å². The molecular weight excluding hydrogens is 178 g/mol. The molecule has 0 saturated carbocycles. The summed E-state index contributed by atoms with van der Waals surface area (Å²) < 4.78 is 0. The first kappa shape index (κ1) is 13.4. The zero-order valence-electron chi connectivity index (χ0n) is 9.82. The molecule has 0 aromatic carbocycles. The molecule has 0 saturated heterocycles. The first-order chi connectivity index (χ1) is 6.52. The second kappa shape index (κ2) is 6.80. The van der Waals surface area contributed by atoms with Crippen molar-refractivity contribution in [2.45, 2.75) is 59.4 Å². The Morgan fingerprint density at radius 2 is 1.86 bits per heavy atom. The van der Waals surface area contributed by atoms with Gasteiger partial charge in [0.05, 0.1) is 0 Å². The molecule has 0 aliphatic rings. The van der Waals surface area contributed by atoms with E-state index >= 15 is 0 Å². The van der Waals surface area contributed by atoms with E-state index in [1.165, 1.54) is 12.8 Å². The minimum absolute atomic E-state index is 0.122. The van der Waals surface area contributed by atoms with Crippen molar-refractivity contribution in [1.29, 1.82) is 0 Å². The highest BCUT2D eigenvalue weighted by molar-refractivity contribution is 4.67. The molecule has 0 N–H and O–H groups in total. The maximum atomic E-state index is 10.7. The third kappa shape index (κ3) is 4.58. The normalized spacial score (nSPS) is 17.4. The molecule has 0 heterocycles. The Morgan fingerprint density at radius 3 is 2.21 bits per heavy atom. The van der Waals surface area contributed by atoms with Crippen molar-refractivity contribution in [3.63, 3.8) is 0 Å². The van der Waals surface area contributed by atoms with Crippen molar-refractivity contribution in [3.05, 3.63) is 10.1 Å². The van der Waals surface area contributed by atoms with E-state index in [0.717, 1.165) is 6.42 Å². The van der Waals surface area contributed by atoms with Gasteiger partial charge in [0.15, 0.2) is 0 Å². The molecule has 0 bridgehead atoms. The Morgan fingerprint density at radius 1 is 1.29 bits per heavy atom. The molecule has 0 rings (SSSR count). The smallest absolute Gasteiger partial charge is 0.215 e. The minimum atomic E-state index is -0.352. The number of hydrogen-bond acceptors (Lipinski definition) is 2. The van der Waals surface area contributed by atoms with Crippen molar-refractivity contribution in [2.75, 3.05) is 0 Å².